The molecule has 0 saturated carbocycles. The molecule has 0 aliphatic carbocycles. The first-order valence-corrected chi connectivity index (χ1v) is 6.95. The van der Waals surface area contributed by atoms with Gasteiger partial charge in [-0.25, -0.2) is 4.79 Å². The van der Waals surface area contributed by atoms with Crippen molar-refractivity contribution in [2.45, 2.75) is 24.9 Å². The lowest BCUT2D eigenvalue weighted by Crippen LogP contribution is -2.33. The highest BCUT2D eigenvalue weighted by molar-refractivity contribution is 9.11. The summed E-state index contributed by atoms with van der Waals surface area (Å²) in [4.78, 5) is 29.7. The number of ether oxygens (including phenoxy) is 1. The average Bonchev–Trinajstić information content (AvgIpc) is 2.80. The third-order valence-electron chi connectivity index (χ3n) is 3.08. The van der Waals surface area contributed by atoms with Gasteiger partial charge in [0.15, 0.2) is 0 Å². The summed E-state index contributed by atoms with van der Waals surface area (Å²) in [5.74, 6) is 0. The topological polar surface area (TPSA) is 133 Å². The molecule has 3 unspecified atom stereocenters. The van der Waals surface area contributed by atoms with Gasteiger partial charge < -0.3 is 9.84 Å². The summed E-state index contributed by atoms with van der Waals surface area (Å²) >= 11 is 3.06. The maximum Gasteiger partial charge on any atom is 0.330 e. The molecule has 2 heterocycles. The summed E-state index contributed by atoms with van der Waals surface area (Å²) in [6.45, 7) is -0.0274. The van der Waals surface area contributed by atoms with Crippen molar-refractivity contribution >= 4 is 22.0 Å². The molecule has 1 fully saturated rings. The monoisotopic (exact) mass is 357 g/mol. The van der Waals surface area contributed by atoms with Crippen LogP contribution in [0.15, 0.2) is 25.9 Å². The van der Waals surface area contributed by atoms with E-state index in [1.165, 1.54) is 21.8 Å². The van der Waals surface area contributed by atoms with Crippen LogP contribution in [0.1, 0.15) is 18.2 Å². The largest absolute Gasteiger partial charge is 0.390 e. The summed E-state index contributed by atoms with van der Waals surface area (Å²) in [6, 6.07) is 0. The summed E-state index contributed by atoms with van der Waals surface area (Å²) in [6.07, 6.45) is 0.735. The van der Waals surface area contributed by atoms with Crippen molar-refractivity contribution in [1.29, 1.82) is 0 Å². The molecule has 0 amide bonds. The van der Waals surface area contributed by atoms with Crippen molar-refractivity contribution in [3.8, 4) is 0 Å². The Morgan fingerprint density at radius 1 is 1.67 bits per heavy atom. The van der Waals surface area contributed by atoms with Gasteiger partial charge in [-0.15, -0.1) is 0 Å². The van der Waals surface area contributed by atoms with Crippen molar-refractivity contribution < 1.29 is 9.84 Å². The van der Waals surface area contributed by atoms with Crippen molar-refractivity contribution in [3.63, 3.8) is 0 Å². The molecule has 1 aliphatic rings. The number of halogens is 1. The predicted octanol–water partition coefficient (Wildman–Crippen LogP) is 0.861. The Bertz CT molecular complexity index is 705. The van der Waals surface area contributed by atoms with Crippen molar-refractivity contribution in [1.82, 2.24) is 9.55 Å². The van der Waals surface area contributed by atoms with Crippen LogP contribution in [-0.2, 0) is 4.74 Å². The zero-order valence-corrected chi connectivity index (χ0v) is 12.3. The van der Waals surface area contributed by atoms with Crippen molar-refractivity contribution in [2.75, 3.05) is 6.54 Å². The lowest BCUT2D eigenvalue weighted by atomic mass is 10.2. The van der Waals surface area contributed by atoms with Gasteiger partial charge in [-0.1, -0.05) is 21.0 Å². The first kappa shape index (κ1) is 15.5. The Hall–Kier alpha value is -1.87. The number of aliphatic hydroxyl groups is 1. The van der Waals surface area contributed by atoms with E-state index in [0.29, 0.717) is 0 Å². The molecule has 0 bridgehead atoms. The molecule has 2 rings (SSSR count). The molecule has 0 radical (unpaired) electrons. The normalized spacial score (nSPS) is 25.1. The van der Waals surface area contributed by atoms with Crippen LogP contribution < -0.4 is 11.2 Å². The summed E-state index contributed by atoms with van der Waals surface area (Å²) < 4.78 is 6.70. The lowest BCUT2D eigenvalue weighted by Gasteiger charge is -2.14. The van der Waals surface area contributed by atoms with E-state index in [2.05, 4.69) is 30.9 Å². The molecule has 0 aromatic carbocycles. The van der Waals surface area contributed by atoms with Gasteiger partial charge >= 0.3 is 5.69 Å². The molecule has 2 N–H and O–H groups in total. The van der Waals surface area contributed by atoms with Gasteiger partial charge in [-0.05, 0) is 16.6 Å². The minimum atomic E-state index is -0.852. The van der Waals surface area contributed by atoms with E-state index >= 15 is 0 Å². The highest BCUT2D eigenvalue weighted by Gasteiger charge is 2.35. The fraction of sp³-hybridized carbons (Fsp3) is 0.455. The number of aromatic nitrogens is 2. The predicted molar refractivity (Wildman–Crippen MR) is 77.8 cm³/mol. The van der Waals surface area contributed by atoms with Gasteiger partial charge in [0.1, 0.15) is 6.23 Å². The Kier molecular flexibility index (Phi) is 4.97. The Morgan fingerprint density at radius 3 is 3.10 bits per heavy atom. The first-order valence-electron chi connectivity index (χ1n) is 6.03. The molecule has 3 atom stereocenters. The van der Waals surface area contributed by atoms with Crippen LogP contribution in [-0.4, -0.2) is 33.4 Å². The third kappa shape index (κ3) is 3.42. The maximum absolute atomic E-state index is 11.8. The fourth-order valence-corrected chi connectivity index (χ4v) is 2.35. The number of rotatable bonds is 4. The van der Waals surface area contributed by atoms with E-state index in [0.717, 1.165) is 0 Å². The molecule has 9 nitrogen and oxygen atoms in total. The number of hydrogen-bond acceptors (Lipinski definition) is 5. The van der Waals surface area contributed by atoms with Crippen molar-refractivity contribution in [2.24, 2.45) is 5.11 Å². The highest BCUT2D eigenvalue weighted by Crippen LogP contribution is 2.27. The van der Waals surface area contributed by atoms with Crippen LogP contribution in [0.4, 0.5) is 0 Å². The van der Waals surface area contributed by atoms with E-state index in [-0.39, 0.29) is 18.5 Å². The van der Waals surface area contributed by atoms with Crippen LogP contribution in [0.2, 0.25) is 0 Å². The number of aliphatic hydroxyl groups excluding tert-OH is 1. The standard InChI is InChI=1S/C11H12BrN5O4/c12-2-1-6-5-17(11(20)15-10(6)19)9-3-7(18)8(21-9)4-14-16-13/h1-2,5,7-9,18H,3-4H2,(H,15,19,20)/b2-1+. The van der Waals surface area contributed by atoms with Gasteiger partial charge in [-0.2, -0.15) is 0 Å². The van der Waals surface area contributed by atoms with Crippen LogP contribution >= 0.6 is 15.9 Å². The summed E-state index contributed by atoms with van der Waals surface area (Å²) in [5, 5.41) is 13.2. The quantitative estimate of drug-likeness (QED) is 0.469. The Balaban J connectivity index is 2.31. The summed E-state index contributed by atoms with van der Waals surface area (Å²) in [7, 11) is 0. The zero-order chi connectivity index (χ0) is 15.4. The zero-order valence-electron chi connectivity index (χ0n) is 10.7. The van der Waals surface area contributed by atoms with Gasteiger partial charge in [0.2, 0.25) is 0 Å². The van der Waals surface area contributed by atoms with Gasteiger partial charge in [0.05, 0.1) is 24.3 Å². The highest BCUT2D eigenvalue weighted by atomic mass is 79.9. The lowest BCUT2D eigenvalue weighted by molar-refractivity contribution is -0.0151. The molecule has 112 valence electrons. The second-order valence-electron chi connectivity index (χ2n) is 4.39. The third-order valence-corrected chi connectivity index (χ3v) is 3.34. The first-order chi connectivity index (χ1) is 10.1. The average molecular weight is 358 g/mol. The molecule has 1 saturated heterocycles. The molecular weight excluding hydrogens is 346 g/mol. The van der Waals surface area contributed by atoms with E-state index in [1.807, 2.05) is 0 Å². The number of azide groups is 1. The molecule has 1 aliphatic heterocycles. The minimum Gasteiger partial charge on any atom is -0.390 e. The van der Waals surface area contributed by atoms with E-state index in [1.54, 1.807) is 0 Å². The van der Waals surface area contributed by atoms with Crippen molar-refractivity contribution in [3.05, 3.63) is 48.0 Å². The molecule has 21 heavy (non-hydrogen) atoms. The Morgan fingerprint density at radius 2 is 2.43 bits per heavy atom. The van der Waals surface area contributed by atoms with Gasteiger partial charge in [0.25, 0.3) is 5.56 Å². The van der Waals surface area contributed by atoms with E-state index in [4.69, 9.17) is 10.3 Å². The number of nitrogens with one attached hydrogen (secondary N) is 1. The number of hydrogen-bond donors (Lipinski definition) is 2. The number of H-pyrrole nitrogens is 1. The van der Waals surface area contributed by atoms with Crippen LogP contribution in [0, 0.1) is 0 Å². The molecule has 10 heteroatoms. The smallest absolute Gasteiger partial charge is 0.330 e. The number of aromatic amines is 1. The van der Waals surface area contributed by atoms with E-state index in [9.17, 15) is 14.7 Å². The fourth-order valence-electron chi connectivity index (χ4n) is 2.07. The van der Waals surface area contributed by atoms with E-state index < -0.39 is 29.7 Å². The Labute approximate surface area is 126 Å². The van der Waals surface area contributed by atoms with Crippen LogP contribution in [0.5, 0.6) is 0 Å². The van der Waals surface area contributed by atoms with Crippen LogP contribution in [0.25, 0.3) is 16.5 Å². The second-order valence-corrected chi connectivity index (χ2v) is 4.92. The van der Waals surface area contributed by atoms with Crippen LogP contribution in [0.3, 0.4) is 0 Å². The molecular formula is C11H12BrN5O4. The minimum absolute atomic E-state index is 0.0274. The molecule has 1 aromatic heterocycles. The molecule has 0 spiro atoms. The van der Waals surface area contributed by atoms with Gasteiger partial charge in [0, 0.05) is 17.5 Å². The molecule has 1 aromatic rings. The maximum atomic E-state index is 11.8. The number of nitrogens with zero attached hydrogens (tertiary/aromatic N) is 4. The SMILES string of the molecule is [N-]=[N+]=NCC1OC(n2cc(/C=C/Br)c(=O)[nH]c2=O)CC1O. The second kappa shape index (κ2) is 6.72. The van der Waals surface area contributed by atoms with Gasteiger partial charge in [-0.3, -0.25) is 14.3 Å². The summed E-state index contributed by atoms with van der Waals surface area (Å²) in [5.41, 5.74) is 7.40.